The minimum absolute atomic E-state index is 0.0726. The number of hydrogen-bond acceptors (Lipinski definition) is 5. The van der Waals surface area contributed by atoms with Crippen LogP contribution in [0.3, 0.4) is 0 Å². The van der Waals surface area contributed by atoms with Crippen molar-refractivity contribution in [2.45, 2.75) is 70.9 Å². The average molecular weight is 368 g/mol. The molecular weight excluding hydrogens is 340 g/mol. The summed E-state index contributed by atoms with van der Waals surface area (Å²) in [5.74, 6) is 2.54. The molecule has 1 saturated heterocycles. The molecule has 3 aliphatic rings. The molecule has 144 valence electrons. The molecule has 0 N–H and O–H groups in total. The molecule has 1 aliphatic heterocycles. The summed E-state index contributed by atoms with van der Waals surface area (Å²) in [4.78, 5) is 19.5. The molecule has 6 nitrogen and oxygen atoms in total. The van der Waals surface area contributed by atoms with Crippen molar-refractivity contribution in [3.8, 4) is 0 Å². The van der Waals surface area contributed by atoms with Crippen molar-refractivity contribution in [1.29, 1.82) is 0 Å². The monoisotopic (exact) mass is 368 g/mol. The van der Waals surface area contributed by atoms with Gasteiger partial charge in [-0.25, -0.2) is 9.67 Å². The van der Waals surface area contributed by atoms with Crippen LogP contribution < -0.4 is 5.56 Å². The first-order chi connectivity index (χ1) is 13.2. The van der Waals surface area contributed by atoms with E-state index in [1.807, 2.05) is 6.07 Å². The molecule has 3 heterocycles. The number of aromatic nitrogens is 3. The van der Waals surface area contributed by atoms with Gasteiger partial charge in [-0.2, -0.15) is 5.10 Å². The average Bonchev–Trinajstić information content (AvgIpc) is 3.29. The lowest BCUT2D eigenvalue weighted by atomic mass is 9.97. The Hall–Kier alpha value is -1.95. The quantitative estimate of drug-likeness (QED) is 0.830. The van der Waals surface area contributed by atoms with Crippen LogP contribution in [0.2, 0.25) is 0 Å². The minimum atomic E-state index is 0.0726. The molecule has 5 rings (SSSR count). The smallest absolute Gasteiger partial charge is 0.267 e. The normalized spacial score (nSPS) is 20.6. The molecule has 0 amide bonds. The van der Waals surface area contributed by atoms with Crippen LogP contribution in [-0.4, -0.2) is 32.8 Å². The van der Waals surface area contributed by atoms with E-state index < -0.39 is 0 Å². The van der Waals surface area contributed by atoms with Crippen molar-refractivity contribution in [1.82, 2.24) is 19.7 Å². The number of aryl methyl sites for hydroxylation is 4. The third-order valence-corrected chi connectivity index (χ3v) is 6.41. The van der Waals surface area contributed by atoms with Gasteiger partial charge in [-0.1, -0.05) is 0 Å². The first kappa shape index (κ1) is 17.2. The summed E-state index contributed by atoms with van der Waals surface area (Å²) in [6.45, 7) is 3.65. The standard InChI is InChI=1S/C21H28N4O2/c26-21-12-16-4-3-6-17(16)23-25(21)13-15-8-10-24(11-9-15)14-20-22-18-5-1-2-7-19(18)27-20/h12,15H,1-11,13-14H2. The van der Waals surface area contributed by atoms with Gasteiger partial charge in [-0.3, -0.25) is 9.69 Å². The van der Waals surface area contributed by atoms with E-state index in [0.717, 1.165) is 88.5 Å². The molecule has 2 aliphatic carbocycles. The molecular formula is C21H28N4O2. The number of rotatable bonds is 4. The van der Waals surface area contributed by atoms with Crippen LogP contribution in [0.1, 0.15) is 60.7 Å². The number of hydrogen-bond donors (Lipinski definition) is 0. The van der Waals surface area contributed by atoms with Crippen molar-refractivity contribution in [2.24, 2.45) is 5.92 Å². The Morgan fingerprint density at radius 3 is 2.70 bits per heavy atom. The van der Waals surface area contributed by atoms with E-state index in [4.69, 9.17) is 9.40 Å². The summed E-state index contributed by atoms with van der Waals surface area (Å²) >= 11 is 0. The lowest BCUT2D eigenvalue weighted by Gasteiger charge is -2.31. The highest BCUT2D eigenvalue weighted by molar-refractivity contribution is 5.22. The van der Waals surface area contributed by atoms with Crippen LogP contribution in [0.5, 0.6) is 0 Å². The summed E-state index contributed by atoms with van der Waals surface area (Å²) in [6.07, 6.45) is 9.96. The highest BCUT2D eigenvalue weighted by Gasteiger charge is 2.24. The number of fused-ring (bicyclic) bond motifs is 2. The van der Waals surface area contributed by atoms with Gasteiger partial charge < -0.3 is 4.42 Å². The molecule has 0 spiro atoms. The Kier molecular flexibility index (Phi) is 4.60. The van der Waals surface area contributed by atoms with E-state index in [0.29, 0.717) is 5.92 Å². The molecule has 6 heteroatoms. The van der Waals surface area contributed by atoms with Crippen molar-refractivity contribution in [3.05, 3.63) is 45.0 Å². The zero-order chi connectivity index (χ0) is 18.2. The molecule has 0 radical (unpaired) electrons. The predicted molar refractivity (Wildman–Crippen MR) is 102 cm³/mol. The van der Waals surface area contributed by atoms with Crippen LogP contribution >= 0.6 is 0 Å². The Balaban J connectivity index is 1.17. The highest BCUT2D eigenvalue weighted by atomic mass is 16.4. The van der Waals surface area contributed by atoms with Gasteiger partial charge in [0.2, 0.25) is 5.89 Å². The molecule has 0 atom stereocenters. The van der Waals surface area contributed by atoms with Crippen molar-refractivity contribution < 1.29 is 4.42 Å². The van der Waals surface area contributed by atoms with Crippen molar-refractivity contribution in [2.75, 3.05) is 13.1 Å². The minimum Gasteiger partial charge on any atom is -0.444 e. The SMILES string of the molecule is O=c1cc2c(nn1CC1CCN(Cc3nc4c(o3)CCCC4)CC1)CCC2. The van der Waals surface area contributed by atoms with Gasteiger partial charge in [-0.15, -0.1) is 0 Å². The fourth-order valence-electron chi connectivity index (χ4n) is 4.81. The lowest BCUT2D eigenvalue weighted by Crippen LogP contribution is -2.36. The van der Waals surface area contributed by atoms with E-state index in [1.54, 1.807) is 4.68 Å². The molecule has 2 aromatic rings. The van der Waals surface area contributed by atoms with Gasteiger partial charge in [0.25, 0.3) is 5.56 Å². The van der Waals surface area contributed by atoms with Crippen LogP contribution in [-0.2, 0) is 38.8 Å². The molecule has 2 aromatic heterocycles. The van der Waals surface area contributed by atoms with E-state index in [-0.39, 0.29) is 5.56 Å². The van der Waals surface area contributed by atoms with Gasteiger partial charge in [-0.05, 0) is 75.9 Å². The third kappa shape index (κ3) is 3.59. The lowest BCUT2D eigenvalue weighted by molar-refractivity contribution is 0.151. The largest absolute Gasteiger partial charge is 0.444 e. The second kappa shape index (κ2) is 7.23. The molecule has 1 fully saturated rings. The summed E-state index contributed by atoms with van der Waals surface area (Å²) in [6, 6.07) is 1.81. The Bertz CT molecular complexity index is 853. The highest BCUT2D eigenvalue weighted by Crippen LogP contribution is 2.25. The Morgan fingerprint density at radius 1 is 1.04 bits per heavy atom. The van der Waals surface area contributed by atoms with Gasteiger partial charge in [0.1, 0.15) is 5.76 Å². The van der Waals surface area contributed by atoms with Gasteiger partial charge in [0.05, 0.1) is 17.9 Å². The summed E-state index contributed by atoms with van der Waals surface area (Å²) in [7, 11) is 0. The molecule has 0 bridgehead atoms. The Morgan fingerprint density at radius 2 is 1.85 bits per heavy atom. The summed E-state index contributed by atoms with van der Waals surface area (Å²) in [5, 5.41) is 4.64. The summed E-state index contributed by atoms with van der Waals surface area (Å²) in [5.41, 5.74) is 3.57. The molecule has 0 saturated carbocycles. The van der Waals surface area contributed by atoms with Gasteiger partial charge in [0, 0.05) is 19.0 Å². The van der Waals surface area contributed by atoms with Crippen LogP contribution in [0.15, 0.2) is 15.3 Å². The molecule has 0 aromatic carbocycles. The fraction of sp³-hybridized carbons (Fsp3) is 0.667. The first-order valence-electron chi connectivity index (χ1n) is 10.5. The van der Waals surface area contributed by atoms with Crippen molar-refractivity contribution in [3.63, 3.8) is 0 Å². The third-order valence-electron chi connectivity index (χ3n) is 6.41. The van der Waals surface area contributed by atoms with Gasteiger partial charge in [0.15, 0.2) is 0 Å². The zero-order valence-corrected chi connectivity index (χ0v) is 16.0. The fourth-order valence-corrected chi connectivity index (χ4v) is 4.81. The van der Waals surface area contributed by atoms with Crippen molar-refractivity contribution >= 4 is 0 Å². The first-order valence-corrected chi connectivity index (χ1v) is 10.5. The molecule has 27 heavy (non-hydrogen) atoms. The number of piperidine rings is 1. The number of oxazole rings is 1. The van der Waals surface area contributed by atoms with Gasteiger partial charge >= 0.3 is 0 Å². The van der Waals surface area contributed by atoms with E-state index in [2.05, 4.69) is 10.00 Å². The zero-order valence-electron chi connectivity index (χ0n) is 16.0. The Labute approximate surface area is 159 Å². The maximum atomic E-state index is 12.3. The maximum Gasteiger partial charge on any atom is 0.267 e. The number of nitrogens with zero attached hydrogens (tertiary/aromatic N) is 4. The van der Waals surface area contributed by atoms with E-state index in [1.165, 1.54) is 24.1 Å². The topological polar surface area (TPSA) is 64.2 Å². The predicted octanol–water partition coefficient (Wildman–Crippen LogP) is 2.51. The second-order valence-electron chi connectivity index (χ2n) is 8.39. The second-order valence-corrected chi connectivity index (χ2v) is 8.39. The van der Waals surface area contributed by atoms with Crippen LogP contribution in [0.4, 0.5) is 0 Å². The van der Waals surface area contributed by atoms with E-state index in [9.17, 15) is 4.79 Å². The summed E-state index contributed by atoms with van der Waals surface area (Å²) < 4.78 is 7.70. The van der Waals surface area contributed by atoms with E-state index >= 15 is 0 Å². The number of likely N-dealkylation sites (tertiary alicyclic amines) is 1. The maximum absolute atomic E-state index is 12.3. The van der Waals surface area contributed by atoms with Crippen LogP contribution in [0.25, 0.3) is 0 Å². The van der Waals surface area contributed by atoms with Crippen LogP contribution in [0, 0.1) is 5.92 Å². The molecule has 0 unspecified atom stereocenters.